The highest BCUT2D eigenvalue weighted by Crippen LogP contribution is 2.22. The molecule has 0 saturated carbocycles. The molecule has 4 nitrogen and oxygen atoms in total. The Labute approximate surface area is 107 Å². The molecule has 1 saturated heterocycles. The Morgan fingerprint density at radius 3 is 2.94 bits per heavy atom. The van der Waals surface area contributed by atoms with E-state index in [0.29, 0.717) is 5.56 Å². The third-order valence-corrected chi connectivity index (χ3v) is 3.22. The minimum absolute atomic E-state index is 0.265. The highest BCUT2D eigenvalue weighted by Gasteiger charge is 2.20. The molecule has 1 heterocycles. The number of benzene rings is 1. The van der Waals surface area contributed by atoms with Gasteiger partial charge in [0.05, 0.1) is 24.5 Å². The van der Waals surface area contributed by atoms with E-state index in [0.717, 1.165) is 31.7 Å². The monoisotopic (exact) mass is 249 g/mol. The molecule has 4 heteroatoms. The standard InChI is InChI=1S/C14H19NO3/c1-15(10-11-6-5-9-18-11)13-8-4-3-7-12(13)14(16)17-2/h3-4,7-8,11H,5-6,9-10H2,1-2H3. The molecule has 1 aliphatic heterocycles. The smallest absolute Gasteiger partial charge is 0.339 e. The van der Waals surface area contributed by atoms with E-state index in [9.17, 15) is 4.79 Å². The molecular weight excluding hydrogens is 230 g/mol. The van der Waals surface area contributed by atoms with Crippen molar-refractivity contribution in [2.75, 3.05) is 32.2 Å². The Morgan fingerprint density at radius 1 is 1.50 bits per heavy atom. The summed E-state index contributed by atoms with van der Waals surface area (Å²) >= 11 is 0. The number of ether oxygens (including phenoxy) is 2. The van der Waals surface area contributed by atoms with Crippen molar-refractivity contribution < 1.29 is 14.3 Å². The Balaban J connectivity index is 2.13. The summed E-state index contributed by atoms with van der Waals surface area (Å²) < 4.78 is 10.4. The van der Waals surface area contributed by atoms with Crippen LogP contribution >= 0.6 is 0 Å². The van der Waals surface area contributed by atoms with Crippen LogP contribution in [0.2, 0.25) is 0 Å². The number of nitrogens with zero attached hydrogens (tertiary/aromatic N) is 1. The third kappa shape index (κ3) is 2.82. The predicted octanol–water partition coefficient (Wildman–Crippen LogP) is 2.09. The number of hydrogen-bond acceptors (Lipinski definition) is 4. The maximum Gasteiger partial charge on any atom is 0.339 e. The summed E-state index contributed by atoms with van der Waals surface area (Å²) in [5, 5.41) is 0. The van der Waals surface area contributed by atoms with E-state index in [2.05, 4.69) is 4.90 Å². The van der Waals surface area contributed by atoms with Gasteiger partial charge in [0, 0.05) is 20.2 Å². The molecule has 0 bridgehead atoms. The number of carbonyl (C=O) groups is 1. The van der Waals surface area contributed by atoms with Gasteiger partial charge in [0.25, 0.3) is 0 Å². The van der Waals surface area contributed by atoms with Gasteiger partial charge in [-0.3, -0.25) is 0 Å². The van der Waals surface area contributed by atoms with Crippen molar-refractivity contribution in [3.05, 3.63) is 29.8 Å². The Bertz CT molecular complexity index is 413. The topological polar surface area (TPSA) is 38.8 Å². The zero-order valence-electron chi connectivity index (χ0n) is 10.9. The van der Waals surface area contributed by atoms with E-state index in [1.807, 2.05) is 25.2 Å². The molecular formula is C14H19NO3. The molecule has 0 N–H and O–H groups in total. The lowest BCUT2D eigenvalue weighted by Gasteiger charge is -2.24. The molecule has 1 unspecified atom stereocenters. The summed E-state index contributed by atoms with van der Waals surface area (Å²) in [5.41, 5.74) is 1.49. The molecule has 1 atom stereocenters. The molecule has 1 fully saturated rings. The number of methoxy groups -OCH3 is 1. The molecule has 1 aromatic rings. The zero-order chi connectivity index (χ0) is 13.0. The van der Waals surface area contributed by atoms with Gasteiger partial charge in [0.2, 0.25) is 0 Å². The lowest BCUT2D eigenvalue weighted by molar-refractivity contribution is 0.0601. The summed E-state index contributed by atoms with van der Waals surface area (Å²) in [6.07, 6.45) is 2.47. The largest absolute Gasteiger partial charge is 0.465 e. The average Bonchev–Trinajstić information content (AvgIpc) is 2.90. The molecule has 0 aromatic heterocycles. The van der Waals surface area contributed by atoms with E-state index in [1.54, 1.807) is 6.07 Å². The van der Waals surface area contributed by atoms with Gasteiger partial charge in [0.15, 0.2) is 0 Å². The molecule has 0 aliphatic carbocycles. The van der Waals surface area contributed by atoms with E-state index >= 15 is 0 Å². The van der Waals surface area contributed by atoms with Crippen molar-refractivity contribution >= 4 is 11.7 Å². The molecule has 0 spiro atoms. The van der Waals surface area contributed by atoms with E-state index in [1.165, 1.54) is 7.11 Å². The minimum atomic E-state index is -0.301. The fourth-order valence-electron chi connectivity index (χ4n) is 2.28. The maximum absolute atomic E-state index is 11.7. The number of anilines is 1. The molecule has 2 rings (SSSR count). The van der Waals surface area contributed by atoms with Gasteiger partial charge in [-0.15, -0.1) is 0 Å². The molecule has 1 aromatic carbocycles. The Morgan fingerprint density at radius 2 is 2.28 bits per heavy atom. The predicted molar refractivity (Wildman–Crippen MR) is 70.0 cm³/mol. The average molecular weight is 249 g/mol. The van der Waals surface area contributed by atoms with E-state index in [4.69, 9.17) is 9.47 Å². The minimum Gasteiger partial charge on any atom is -0.465 e. The quantitative estimate of drug-likeness (QED) is 0.766. The van der Waals surface area contributed by atoms with Crippen LogP contribution in [-0.4, -0.2) is 39.4 Å². The third-order valence-electron chi connectivity index (χ3n) is 3.22. The van der Waals surface area contributed by atoms with Crippen LogP contribution in [-0.2, 0) is 9.47 Å². The summed E-state index contributed by atoms with van der Waals surface area (Å²) in [4.78, 5) is 13.8. The van der Waals surface area contributed by atoms with Crippen LogP contribution in [0, 0.1) is 0 Å². The summed E-state index contributed by atoms with van der Waals surface area (Å²) in [6, 6.07) is 7.48. The Hall–Kier alpha value is -1.55. The molecule has 18 heavy (non-hydrogen) atoms. The fraction of sp³-hybridized carbons (Fsp3) is 0.500. The molecule has 0 amide bonds. The van der Waals surface area contributed by atoms with Gasteiger partial charge in [0.1, 0.15) is 0 Å². The summed E-state index contributed by atoms with van der Waals surface area (Å²) in [6.45, 7) is 1.64. The van der Waals surface area contributed by atoms with Gasteiger partial charge in [-0.05, 0) is 25.0 Å². The van der Waals surface area contributed by atoms with Gasteiger partial charge >= 0.3 is 5.97 Å². The summed E-state index contributed by atoms with van der Waals surface area (Å²) in [5.74, 6) is -0.301. The number of para-hydroxylation sites is 1. The molecule has 1 aliphatic rings. The summed E-state index contributed by atoms with van der Waals surface area (Å²) in [7, 11) is 3.38. The van der Waals surface area contributed by atoms with Crippen molar-refractivity contribution in [1.29, 1.82) is 0 Å². The lowest BCUT2D eigenvalue weighted by Crippen LogP contribution is -2.29. The fourth-order valence-corrected chi connectivity index (χ4v) is 2.28. The van der Waals surface area contributed by atoms with Crippen LogP contribution in [0.3, 0.4) is 0 Å². The number of likely N-dealkylation sites (N-methyl/N-ethyl adjacent to an activating group) is 1. The molecule has 0 radical (unpaired) electrons. The van der Waals surface area contributed by atoms with Crippen molar-refractivity contribution in [2.45, 2.75) is 18.9 Å². The highest BCUT2D eigenvalue weighted by molar-refractivity contribution is 5.95. The van der Waals surface area contributed by atoms with Gasteiger partial charge in [-0.2, -0.15) is 0 Å². The van der Waals surface area contributed by atoms with Crippen molar-refractivity contribution in [1.82, 2.24) is 0 Å². The van der Waals surface area contributed by atoms with Crippen LogP contribution in [0.4, 0.5) is 5.69 Å². The van der Waals surface area contributed by atoms with Gasteiger partial charge in [-0.25, -0.2) is 4.79 Å². The number of hydrogen-bond donors (Lipinski definition) is 0. The van der Waals surface area contributed by atoms with Crippen LogP contribution in [0.5, 0.6) is 0 Å². The van der Waals surface area contributed by atoms with Crippen LogP contribution in [0.25, 0.3) is 0 Å². The lowest BCUT2D eigenvalue weighted by atomic mass is 10.1. The van der Waals surface area contributed by atoms with Crippen LogP contribution in [0.1, 0.15) is 23.2 Å². The first-order chi connectivity index (χ1) is 8.72. The number of rotatable bonds is 4. The second-order valence-corrected chi connectivity index (χ2v) is 4.52. The number of esters is 1. The van der Waals surface area contributed by atoms with Crippen molar-refractivity contribution in [3.63, 3.8) is 0 Å². The van der Waals surface area contributed by atoms with Crippen LogP contribution in [0.15, 0.2) is 24.3 Å². The van der Waals surface area contributed by atoms with E-state index < -0.39 is 0 Å². The van der Waals surface area contributed by atoms with E-state index in [-0.39, 0.29) is 12.1 Å². The zero-order valence-corrected chi connectivity index (χ0v) is 10.9. The van der Waals surface area contributed by atoms with Gasteiger partial charge < -0.3 is 14.4 Å². The van der Waals surface area contributed by atoms with Crippen molar-refractivity contribution in [2.24, 2.45) is 0 Å². The van der Waals surface area contributed by atoms with Gasteiger partial charge in [-0.1, -0.05) is 12.1 Å². The Kier molecular flexibility index (Phi) is 4.20. The normalized spacial score (nSPS) is 18.7. The maximum atomic E-state index is 11.7. The first-order valence-corrected chi connectivity index (χ1v) is 6.22. The first kappa shape index (κ1) is 12.9. The highest BCUT2D eigenvalue weighted by atomic mass is 16.5. The second-order valence-electron chi connectivity index (χ2n) is 4.52. The first-order valence-electron chi connectivity index (χ1n) is 6.22. The second kappa shape index (κ2) is 5.87. The number of carbonyl (C=O) groups excluding carboxylic acids is 1. The van der Waals surface area contributed by atoms with Crippen molar-refractivity contribution in [3.8, 4) is 0 Å². The molecule has 98 valence electrons. The SMILES string of the molecule is COC(=O)c1ccccc1N(C)CC1CCCO1. The van der Waals surface area contributed by atoms with Crippen LogP contribution < -0.4 is 4.90 Å².